The third kappa shape index (κ3) is 4.94. The van der Waals surface area contributed by atoms with Crippen LogP contribution in [0.5, 0.6) is 5.75 Å². The second-order valence-electron chi connectivity index (χ2n) is 4.88. The molecule has 0 aliphatic carbocycles. The van der Waals surface area contributed by atoms with E-state index in [1.165, 1.54) is 0 Å². The van der Waals surface area contributed by atoms with E-state index in [4.69, 9.17) is 4.74 Å². The predicted octanol–water partition coefficient (Wildman–Crippen LogP) is 3.92. The molecule has 2 N–H and O–H groups in total. The Labute approximate surface area is 162 Å². The first-order valence-corrected chi connectivity index (χ1v) is 9.17. The molecule has 2 amide bonds. The van der Waals surface area contributed by atoms with Gasteiger partial charge in [-0.2, -0.15) is 0 Å². The second kappa shape index (κ2) is 9.03. The maximum Gasteiger partial charge on any atom is 0.273 e. The van der Waals surface area contributed by atoms with Gasteiger partial charge in [-0.25, -0.2) is 0 Å². The summed E-state index contributed by atoms with van der Waals surface area (Å²) in [6.07, 6.45) is 0.834. The van der Waals surface area contributed by atoms with Crippen molar-refractivity contribution in [3.63, 3.8) is 0 Å². The summed E-state index contributed by atoms with van der Waals surface area (Å²) in [6, 6.07) is 12.3. The summed E-state index contributed by atoms with van der Waals surface area (Å²) >= 11 is 5.40. The summed E-state index contributed by atoms with van der Waals surface area (Å²) in [4.78, 5) is 24.5. The first kappa shape index (κ1) is 18.7. The number of hydrazine groups is 1. The number of hydrogen-bond donors (Lipinski definition) is 2. The maximum absolute atomic E-state index is 12.4. The highest BCUT2D eigenvalue weighted by Crippen LogP contribution is 2.23. The molecule has 0 aliphatic heterocycles. The van der Waals surface area contributed by atoms with Gasteiger partial charge in [-0.05, 0) is 59.3 Å². The molecular formula is C17H16BrIN2O3. The summed E-state index contributed by atoms with van der Waals surface area (Å²) < 4.78 is 7.13. The fraction of sp³-hybridized carbons (Fsp3) is 0.176. The zero-order valence-corrected chi connectivity index (χ0v) is 16.7. The van der Waals surface area contributed by atoms with Crippen molar-refractivity contribution < 1.29 is 14.3 Å². The highest BCUT2D eigenvalue weighted by atomic mass is 127. The van der Waals surface area contributed by atoms with Crippen LogP contribution < -0.4 is 15.6 Å². The highest BCUT2D eigenvalue weighted by Gasteiger charge is 2.15. The third-order valence-electron chi connectivity index (χ3n) is 3.06. The van der Waals surface area contributed by atoms with Gasteiger partial charge in [-0.15, -0.1) is 0 Å². The Morgan fingerprint density at radius 2 is 1.75 bits per heavy atom. The first-order chi connectivity index (χ1) is 11.5. The monoisotopic (exact) mass is 502 g/mol. The van der Waals surface area contributed by atoms with Crippen molar-refractivity contribution in [3.8, 4) is 5.75 Å². The van der Waals surface area contributed by atoms with Crippen molar-refractivity contribution in [1.82, 2.24) is 10.9 Å². The molecule has 0 aromatic heterocycles. The lowest BCUT2D eigenvalue weighted by Gasteiger charge is -2.12. The van der Waals surface area contributed by atoms with Crippen LogP contribution in [0.15, 0.2) is 46.9 Å². The number of hydrogen-bond acceptors (Lipinski definition) is 3. The molecule has 2 rings (SSSR count). The van der Waals surface area contributed by atoms with Crippen molar-refractivity contribution in [1.29, 1.82) is 0 Å². The van der Waals surface area contributed by atoms with Gasteiger partial charge < -0.3 is 4.74 Å². The van der Waals surface area contributed by atoms with E-state index < -0.39 is 5.91 Å². The van der Waals surface area contributed by atoms with Gasteiger partial charge in [0.25, 0.3) is 11.8 Å². The SMILES string of the molecule is CCCOc1ccc(Br)cc1C(=O)NNC(=O)c1ccccc1I. The molecule has 0 bridgehead atoms. The van der Waals surface area contributed by atoms with Crippen LogP contribution in [0.25, 0.3) is 0 Å². The number of carbonyl (C=O) groups excluding carboxylic acids is 2. The molecule has 2 aromatic rings. The van der Waals surface area contributed by atoms with Crippen molar-refractivity contribution in [2.45, 2.75) is 13.3 Å². The standard InChI is InChI=1S/C17H16BrIN2O3/c1-2-9-24-15-8-7-11(18)10-13(15)17(23)21-20-16(22)12-5-3-4-6-14(12)19/h3-8,10H,2,9H2,1H3,(H,20,22)(H,21,23). The van der Waals surface area contributed by atoms with Crippen molar-refractivity contribution >= 4 is 50.3 Å². The van der Waals surface area contributed by atoms with Crippen molar-refractivity contribution in [2.75, 3.05) is 6.61 Å². The molecule has 0 aliphatic rings. The van der Waals surface area contributed by atoms with Crippen LogP contribution in [0.3, 0.4) is 0 Å². The van der Waals surface area contributed by atoms with Crippen LogP contribution in [-0.4, -0.2) is 18.4 Å². The number of halogens is 2. The molecule has 0 spiro atoms. The zero-order chi connectivity index (χ0) is 17.5. The average Bonchev–Trinajstić information content (AvgIpc) is 2.58. The van der Waals surface area contributed by atoms with Crippen LogP contribution in [0.2, 0.25) is 0 Å². The minimum Gasteiger partial charge on any atom is -0.493 e. The van der Waals surface area contributed by atoms with Gasteiger partial charge in [-0.3, -0.25) is 20.4 Å². The predicted molar refractivity (Wildman–Crippen MR) is 104 cm³/mol. The Morgan fingerprint density at radius 1 is 1.08 bits per heavy atom. The number of amides is 2. The van der Waals surface area contributed by atoms with E-state index in [1.807, 2.05) is 19.1 Å². The normalized spacial score (nSPS) is 10.1. The number of ether oxygens (including phenoxy) is 1. The Hall–Kier alpha value is -1.61. The molecule has 0 atom stereocenters. The first-order valence-electron chi connectivity index (χ1n) is 7.30. The fourth-order valence-electron chi connectivity index (χ4n) is 1.91. The van der Waals surface area contributed by atoms with Gasteiger partial charge in [0, 0.05) is 8.04 Å². The number of benzene rings is 2. The Morgan fingerprint density at radius 3 is 2.42 bits per heavy atom. The zero-order valence-electron chi connectivity index (χ0n) is 12.9. The van der Waals surface area contributed by atoms with Gasteiger partial charge in [-0.1, -0.05) is 35.0 Å². The van der Waals surface area contributed by atoms with Crippen molar-refractivity contribution in [2.24, 2.45) is 0 Å². The van der Waals surface area contributed by atoms with Crippen molar-refractivity contribution in [3.05, 3.63) is 61.6 Å². The maximum atomic E-state index is 12.4. The van der Waals surface area contributed by atoms with Crippen LogP contribution in [0.4, 0.5) is 0 Å². The van der Waals surface area contributed by atoms with E-state index in [9.17, 15) is 9.59 Å². The smallest absolute Gasteiger partial charge is 0.273 e. The lowest BCUT2D eigenvalue weighted by atomic mass is 10.2. The average molecular weight is 503 g/mol. The van der Waals surface area contributed by atoms with Crippen LogP contribution in [0.1, 0.15) is 34.1 Å². The fourth-order valence-corrected chi connectivity index (χ4v) is 2.90. The van der Waals surface area contributed by atoms with Gasteiger partial charge >= 0.3 is 0 Å². The van der Waals surface area contributed by atoms with E-state index in [2.05, 4.69) is 49.4 Å². The quantitative estimate of drug-likeness (QED) is 0.481. The number of nitrogens with one attached hydrogen (secondary N) is 2. The molecule has 0 radical (unpaired) electrons. The molecule has 126 valence electrons. The molecule has 5 nitrogen and oxygen atoms in total. The van der Waals surface area contributed by atoms with E-state index in [-0.39, 0.29) is 5.91 Å². The summed E-state index contributed by atoms with van der Waals surface area (Å²) in [6.45, 7) is 2.50. The van der Waals surface area contributed by atoms with Gasteiger partial charge in [0.15, 0.2) is 0 Å². The Bertz CT molecular complexity index is 752. The van der Waals surface area contributed by atoms with Gasteiger partial charge in [0.05, 0.1) is 17.7 Å². The Balaban J connectivity index is 2.08. The van der Waals surface area contributed by atoms with E-state index >= 15 is 0 Å². The van der Waals surface area contributed by atoms with E-state index in [0.29, 0.717) is 23.5 Å². The molecule has 0 heterocycles. The van der Waals surface area contributed by atoms with E-state index in [0.717, 1.165) is 14.5 Å². The van der Waals surface area contributed by atoms with Gasteiger partial charge in [0.1, 0.15) is 5.75 Å². The third-order valence-corrected chi connectivity index (χ3v) is 4.49. The highest BCUT2D eigenvalue weighted by molar-refractivity contribution is 14.1. The molecule has 0 fully saturated rings. The van der Waals surface area contributed by atoms with Crippen LogP contribution in [0, 0.1) is 3.57 Å². The minimum absolute atomic E-state index is 0.348. The van der Waals surface area contributed by atoms with Crippen LogP contribution in [-0.2, 0) is 0 Å². The van der Waals surface area contributed by atoms with E-state index in [1.54, 1.807) is 30.3 Å². The topological polar surface area (TPSA) is 67.4 Å². The summed E-state index contributed by atoms with van der Waals surface area (Å²) in [5.74, 6) is -0.345. The summed E-state index contributed by atoms with van der Waals surface area (Å²) in [7, 11) is 0. The lowest BCUT2D eigenvalue weighted by molar-refractivity contribution is 0.0844. The number of carbonyl (C=O) groups is 2. The number of rotatable bonds is 5. The molecule has 0 saturated heterocycles. The van der Waals surface area contributed by atoms with Gasteiger partial charge in [0.2, 0.25) is 0 Å². The molecule has 0 unspecified atom stereocenters. The molecule has 0 saturated carbocycles. The van der Waals surface area contributed by atoms with Crippen LogP contribution >= 0.6 is 38.5 Å². The Kier molecular flexibility index (Phi) is 7.04. The molecule has 24 heavy (non-hydrogen) atoms. The molecule has 2 aromatic carbocycles. The minimum atomic E-state index is -0.443. The lowest BCUT2D eigenvalue weighted by Crippen LogP contribution is -2.42. The molecule has 7 heteroatoms. The summed E-state index contributed by atoms with van der Waals surface area (Å²) in [5.41, 5.74) is 5.70. The largest absolute Gasteiger partial charge is 0.493 e. The molecular weight excluding hydrogens is 487 g/mol. The summed E-state index contributed by atoms with van der Waals surface area (Å²) in [5, 5.41) is 0. The second-order valence-corrected chi connectivity index (χ2v) is 6.95.